The Morgan fingerprint density at radius 2 is 2.16 bits per heavy atom. The number of carbonyl (C=O) groups is 1. The predicted molar refractivity (Wildman–Crippen MR) is 75.4 cm³/mol. The van der Waals surface area contributed by atoms with Crippen LogP contribution in [0.25, 0.3) is 0 Å². The van der Waals surface area contributed by atoms with E-state index in [1.807, 2.05) is 32.0 Å². The van der Waals surface area contributed by atoms with Gasteiger partial charge in [-0.05, 0) is 25.0 Å². The first-order valence-electron chi connectivity index (χ1n) is 6.65. The fraction of sp³-hybridized carbons (Fsp3) is 0.467. The van der Waals surface area contributed by atoms with Gasteiger partial charge in [0.15, 0.2) is 0 Å². The molecule has 0 saturated carbocycles. The highest BCUT2D eigenvalue weighted by molar-refractivity contribution is 5.76. The average molecular weight is 259 g/mol. The van der Waals surface area contributed by atoms with E-state index in [4.69, 9.17) is 5.26 Å². The summed E-state index contributed by atoms with van der Waals surface area (Å²) in [6, 6.07) is 9.87. The van der Waals surface area contributed by atoms with Crippen molar-refractivity contribution in [1.82, 2.24) is 10.6 Å². The van der Waals surface area contributed by atoms with Gasteiger partial charge in [0, 0.05) is 25.6 Å². The molecule has 4 nitrogen and oxygen atoms in total. The van der Waals surface area contributed by atoms with Crippen LogP contribution in [-0.4, -0.2) is 18.5 Å². The van der Waals surface area contributed by atoms with E-state index in [2.05, 4.69) is 16.7 Å². The van der Waals surface area contributed by atoms with Crippen molar-refractivity contribution in [2.24, 2.45) is 0 Å². The molecule has 4 heteroatoms. The lowest BCUT2D eigenvalue weighted by Crippen LogP contribution is -2.33. The van der Waals surface area contributed by atoms with Crippen LogP contribution < -0.4 is 10.6 Å². The van der Waals surface area contributed by atoms with E-state index in [1.165, 1.54) is 0 Å². The second-order valence-electron chi connectivity index (χ2n) is 4.57. The van der Waals surface area contributed by atoms with Crippen LogP contribution in [0.3, 0.4) is 0 Å². The number of nitriles is 1. The average Bonchev–Trinajstić information content (AvgIpc) is 2.43. The Hall–Kier alpha value is -1.86. The quantitative estimate of drug-likeness (QED) is 0.736. The molecule has 0 spiro atoms. The van der Waals surface area contributed by atoms with Gasteiger partial charge in [-0.3, -0.25) is 4.79 Å². The van der Waals surface area contributed by atoms with Gasteiger partial charge in [-0.25, -0.2) is 0 Å². The number of nitrogens with zero attached hydrogens (tertiary/aromatic N) is 1. The first-order valence-corrected chi connectivity index (χ1v) is 6.65. The number of hydrogen-bond acceptors (Lipinski definition) is 3. The van der Waals surface area contributed by atoms with E-state index < -0.39 is 0 Å². The van der Waals surface area contributed by atoms with Gasteiger partial charge in [-0.15, -0.1) is 0 Å². The SMILES string of the molecule is CCC(C)NC(=O)CCNCc1ccccc1C#N. The summed E-state index contributed by atoms with van der Waals surface area (Å²) in [6.45, 7) is 5.26. The third-order valence-electron chi connectivity index (χ3n) is 3.00. The highest BCUT2D eigenvalue weighted by Crippen LogP contribution is 2.06. The molecule has 0 bridgehead atoms. The molecular weight excluding hydrogens is 238 g/mol. The van der Waals surface area contributed by atoms with Crippen molar-refractivity contribution in [3.63, 3.8) is 0 Å². The van der Waals surface area contributed by atoms with Gasteiger partial charge in [-0.2, -0.15) is 5.26 Å². The van der Waals surface area contributed by atoms with Gasteiger partial charge in [0.05, 0.1) is 11.6 Å². The highest BCUT2D eigenvalue weighted by Gasteiger charge is 2.05. The number of carbonyl (C=O) groups excluding carboxylic acids is 1. The molecule has 1 aromatic rings. The predicted octanol–water partition coefficient (Wildman–Crippen LogP) is 1.95. The van der Waals surface area contributed by atoms with Crippen molar-refractivity contribution in [1.29, 1.82) is 5.26 Å². The second kappa shape index (κ2) is 8.28. The van der Waals surface area contributed by atoms with E-state index in [0.717, 1.165) is 12.0 Å². The van der Waals surface area contributed by atoms with Crippen LogP contribution in [0.1, 0.15) is 37.8 Å². The molecular formula is C15H21N3O. The summed E-state index contributed by atoms with van der Waals surface area (Å²) in [5.41, 5.74) is 1.64. The molecule has 2 N–H and O–H groups in total. The van der Waals surface area contributed by atoms with Crippen molar-refractivity contribution in [2.75, 3.05) is 6.54 Å². The molecule has 0 aromatic heterocycles. The number of amides is 1. The minimum atomic E-state index is 0.0652. The molecule has 1 amide bonds. The summed E-state index contributed by atoms with van der Waals surface area (Å²) in [5.74, 6) is 0.0652. The smallest absolute Gasteiger partial charge is 0.221 e. The van der Waals surface area contributed by atoms with E-state index >= 15 is 0 Å². The van der Waals surface area contributed by atoms with E-state index in [9.17, 15) is 4.79 Å². The zero-order chi connectivity index (χ0) is 14.1. The van der Waals surface area contributed by atoms with E-state index in [1.54, 1.807) is 6.07 Å². The van der Waals surface area contributed by atoms with Crippen LogP contribution in [0.4, 0.5) is 0 Å². The zero-order valence-corrected chi connectivity index (χ0v) is 11.6. The minimum absolute atomic E-state index is 0.0652. The Morgan fingerprint density at radius 1 is 1.42 bits per heavy atom. The summed E-state index contributed by atoms with van der Waals surface area (Å²) in [7, 11) is 0. The Kier molecular flexibility index (Phi) is 6.62. The Labute approximate surface area is 114 Å². The van der Waals surface area contributed by atoms with Crippen molar-refractivity contribution < 1.29 is 4.79 Å². The molecule has 102 valence electrons. The summed E-state index contributed by atoms with van der Waals surface area (Å²) in [4.78, 5) is 11.5. The van der Waals surface area contributed by atoms with E-state index in [-0.39, 0.29) is 11.9 Å². The van der Waals surface area contributed by atoms with Gasteiger partial charge < -0.3 is 10.6 Å². The molecule has 1 rings (SSSR count). The molecule has 0 saturated heterocycles. The highest BCUT2D eigenvalue weighted by atomic mass is 16.1. The molecule has 0 radical (unpaired) electrons. The normalized spacial score (nSPS) is 11.6. The summed E-state index contributed by atoms with van der Waals surface area (Å²) in [6.07, 6.45) is 1.40. The lowest BCUT2D eigenvalue weighted by Gasteiger charge is -2.11. The minimum Gasteiger partial charge on any atom is -0.354 e. The Morgan fingerprint density at radius 3 is 2.84 bits per heavy atom. The van der Waals surface area contributed by atoms with Gasteiger partial charge in [0.2, 0.25) is 5.91 Å². The number of benzene rings is 1. The maximum absolute atomic E-state index is 11.5. The molecule has 19 heavy (non-hydrogen) atoms. The maximum atomic E-state index is 11.5. The summed E-state index contributed by atoms with van der Waals surface area (Å²) in [5, 5.41) is 15.1. The van der Waals surface area contributed by atoms with Crippen LogP contribution in [0.2, 0.25) is 0 Å². The van der Waals surface area contributed by atoms with Gasteiger partial charge in [-0.1, -0.05) is 25.1 Å². The lowest BCUT2D eigenvalue weighted by atomic mass is 10.1. The topological polar surface area (TPSA) is 64.9 Å². The fourth-order valence-electron chi connectivity index (χ4n) is 1.66. The molecule has 0 aliphatic heterocycles. The second-order valence-corrected chi connectivity index (χ2v) is 4.57. The van der Waals surface area contributed by atoms with Crippen molar-refractivity contribution >= 4 is 5.91 Å². The van der Waals surface area contributed by atoms with Gasteiger partial charge >= 0.3 is 0 Å². The third-order valence-corrected chi connectivity index (χ3v) is 3.00. The van der Waals surface area contributed by atoms with Crippen LogP contribution in [0.5, 0.6) is 0 Å². The van der Waals surface area contributed by atoms with Crippen molar-refractivity contribution in [3.05, 3.63) is 35.4 Å². The van der Waals surface area contributed by atoms with Crippen molar-refractivity contribution in [2.45, 2.75) is 39.3 Å². The molecule has 0 aliphatic carbocycles. The monoisotopic (exact) mass is 259 g/mol. The first kappa shape index (κ1) is 15.2. The van der Waals surface area contributed by atoms with Crippen LogP contribution in [-0.2, 0) is 11.3 Å². The molecule has 1 atom stereocenters. The number of nitrogens with one attached hydrogen (secondary N) is 2. The molecule has 0 fully saturated rings. The largest absolute Gasteiger partial charge is 0.354 e. The standard InChI is InChI=1S/C15H21N3O/c1-3-12(2)18-15(19)8-9-17-11-14-7-5-4-6-13(14)10-16/h4-7,12,17H,3,8-9,11H2,1-2H3,(H,18,19). The maximum Gasteiger partial charge on any atom is 0.221 e. The molecule has 0 heterocycles. The zero-order valence-electron chi connectivity index (χ0n) is 11.6. The Balaban J connectivity index is 2.28. The number of rotatable bonds is 7. The summed E-state index contributed by atoms with van der Waals surface area (Å²) >= 11 is 0. The summed E-state index contributed by atoms with van der Waals surface area (Å²) < 4.78 is 0. The van der Waals surface area contributed by atoms with Gasteiger partial charge in [0.25, 0.3) is 0 Å². The lowest BCUT2D eigenvalue weighted by molar-refractivity contribution is -0.121. The fourth-order valence-corrected chi connectivity index (χ4v) is 1.66. The van der Waals surface area contributed by atoms with Gasteiger partial charge in [0.1, 0.15) is 0 Å². The van der Waals surface area contributed by atoms with Crippen molar-refractivity contribution in [3.8, 4) is 6.07 Å². The van der Waals surface area contributed by atoms with Crippen LogP contribution in [0, 0.1) is 11.3 Å². The molecule has 1 aromatic carbocycles. The molecule has 0 aliphatic rings. The Bertz CT molecular complexity index is 451. The first-order chi connectivity index (χ1) is 9.17. The molecule has 1 unspecified atom stereocenters. The van der Waals surface area contributed by atoms with Crippen LogP contribution in [0.15, 0.2) is 24.3 Å². The van der Waals surface area contributed by atoms with E-state index in [0.29, 0.717) is 25.1 Å². The van der Waals surface area contributed by atoms with Crippen LogP contribution >= 0.6 is 0 Å². The third kappa shape index (κ3) is 5.54. The number of hydrogen-bond donors (Lipinski definition) is 2.